The lowest BCUT2D eigenvalue weighted by Crippen LogP contribution is -2.27. The summed E-state index contributed by atoms with van der Waals surface area (Å²) in [6.45, 7) is 0.698. The molecule has 0 bridgehead atoms. The molecule has 9 heteroatoms. The van der Waals surface area contributed by atoms with E-state index >= 15 is 0 Å². The van der Waals surface area contributed by atoms with Crippen LogP contribution in [0.1, 0.15) is 15.9 Å². The van der Waals surface area contributed by atoms with Crippen molar-refractivity contribution in [3.05, 3.63) is 59.7 Å². The van der Waals surface area contributed by atoms with E-state index in [1.54, 1.807) is 31.4 Å². The molecule has 2 heterocycles. The number of hydrogen-bond acceptors (Lipinski definition) is 7. The smallest absolute Gasteiger partial charge is 0.257 e. The van der Waals surface area contributed by atoms with Crippen molar-refractivity contribution < 1.29 is 14.6 Å². The number of amides is 1. The van der Waals surface area contributed by atoms with Gasteiger partial charge in [0.15, 0.2) is 5.65 Å². The van der Waals surface area contributed by atoms with Gasteiger partial charge in [0.2, 0.25) is 0 Å². The first-order valence-corrected chi connectivity index (χ1v) is 9.25. The second-order valence-electron chi connectivity index (χ2n) is 6.54. The van der Waals surface area contributed by atoms with Crippen LogP contribution in [-0.4, -0.2) is 52.1 Å². The summed E-state index contributed by atoms with van der Waals surface area (Å²) in [6.07, 6.45) is 1.53. The number of benzene rings is 2. The van der Waals surface area contributed by atoms with Crippen LogP contribution in [0.25, 0.3) is 22.2 Å². The van der Waals surface area contributed by atoms with Crippen molar-refractivity contribution in [2.24, 2.45) is 5.10 Å². The molecule has 4 N–H and O–H groups in total. The quantitative estimate of drug-likeness (QED) is 0.334. The van der Waals surface area contributed by atoms with Crippen LogP contribution in [0.2, 0.25) is 0 Å². The van der Waals surface area contributed by atoms with Crippen molar-refractivity contribution in [3.63, 3.8) is 0 Å². The molecule has 0 atom stereocenters. The Labute approximate surface area is 171 Å². The number of aromatic hydroxyl groups is 1. The topological polar surface area (TPSA) is 128 Å². The molecule has 0 radical (unpaired) electrons. The summed E-state index contributed by atoms with van der Waals surface area (Å²) in [5.74, 6) is -0.148. The number of nitrogens with zero attached hydrogens (tertiary/aromatic N) is 4. The molecule has 0 saturated carbocycles. The maximum absolute atomic E-state index is 12.8. The number of methoxy groups -OCH3 is 1. The zero-order valence-electron chi connectivity index (χ0n) is 16.2. The number of nitrogen functional groups attached to an aromatic ring is 1. The minimum atomic E-state index is -0.384. The lowest BCUT2D eigenvalue weighted by molar-refractivity contribution is 0.0939. The molecule has 30 heavy (non-hydrogen) atoms. The average Bonchev–Trinajstić information content (AvgIpc) is 3.01. The number of nitrogens with two attached hydrogens (primary N) is 1. The van der Waals surface area contributed by atoms with E-state index in [0.29, 0.717) is 40.9 Å². The van der Waals surface area contributed by atoms with Gasteiger partial charge < -0.3 is 20.9 Å². The maximum atomic E-state index is 12.8. The first-order valence-electron chi connectivity index (χ1n) is 9.25. The Morgan fingerprint density at radius 1 is 1.23 bits per heavy atom. The average molecular weight is 404 g/mol. The second kappa shape index (κ2) is 8.18. The molecule has 0 aliphatic heterocycles. The van der Waals surface area contributed by atoms with Crippen molar-refractivity contribution in [1.82, 2.24) is 20.0 Å². The zero-order valence-corrected chi connectivity index (χ0v) is 16.2. The van der Waals surface area contributed by atoms with E-state index in [0.717, 1.165) is 0 Å². The highest BCUT2D eigenvalue weighted by Crippen LogP contribution is 2.27. The minimum absolute atomic E-state index is 0.117. The number of aromatic nitrogens is 3. The van der Waals surface area contributed by atoms with Gasteiger partial charge in [0.05, 0.1) is 23.9 Å². The lowest BCUT2D eigenvalue weighted by Gasteiger charge is -2.04. The first-order chi connectivity index (χ1) is 14.6. The molecule has 2 aromatic heterocycles. The van der Waals surface area contributed by atoms with E-state index in [9.17, 15) is 9.90 Å². The van der Waals surface area contributed by atoms with Gasteiger partial charge in [-0.2, -0.15) is 9.78 Å². The summed E-state index contributed by atoms with van der Waals surface area (Å²) in [5, 5.41) is 16.8. The van der Waals surface area contributed by atoms with Gasteiger partial charge in [0.25, 0.3) is 5.91 Å². The molecule has 0 fully saturated rings. The molecular weight excluding hydrogens is 384 g/mol. The van der Waals surface area contributed by atoms with Gasteiger partial charge in [-0.3, -0.25) is 4.79 Å². The third-order valence-electron chi connectivity index (χ3n) is 4.49. The highest BCUT2D eigenvalue weighted by atomic mass is 16.5. The predicted octanol–water partition coefficient (Wildman–Crippen LogP) is 2.13. The van der Waals surface area contributed by atoms with Gasteiger partial charge in [-0.25, -0.2) is 9.97 Å². The van der Waals surface area contributed by atoms with Gasteiger partial charge in [-0.1, -0.05) is 24.3 Å². The molecule has 4 aromatic rings. The van der Waals surface area contributed by atoms with Crippen LogP contribution in [-0.2, 0) is 4.74 Å². The van der Waals surface area contributed by atoms with Gasteiger partial charge in [0.1, 0.15) is 22.6 Å². The van der Waals surface area contributed by atoms with E-state index in [-0.39, 0.29) is 23.0 Å². The van der Waals surface area contributed by atoms with Crippen LogP contribution < -0.4 is 11.1 Å². The van der Waals surface area contributed by atoms with E-state index in [1.807, 2.05) is 24.3 Å². The minimum Gasteiger partial charge on any atom is -0.508 e. The van der Waals surface area contributed by atoms with Crippen molar-refractivity contribution in [1.29, 1.82) is 0 Å². The molecule has 0 spiro atoms. The first kappa shape index (κ1) is 19.3. The number of carbonyl (C=O) groups is 1. The van der Waals surface area contributed by atoms with Gasteiger partial charge in [-0.15, -0.1) is 0 Å². The fraction of sp³-hybridized carbons (Fsp3) is 0.143. The maximum Gasteiger partial charge on any atom is 0.257 e. The number of rotatable bonds is 6. The molecule has 4 rings (SSSR count). The van der Waals surface area contributed by atoms with Crippen LogP contribution in [0.3, 0.4) is 0 Å². The Hall–Kier alpha value is -3.98. The summed E-state index contributed by atoms with van der Waals surface area (Å²) in [6, 6.07) is 14.0. The number of carbonyl (C=O) groups excluding carboxylic acids is 1. The lowest BCUT2D eigenvalue weighted by atomic mass is 10.2. The third kappa shape index (κ3) is 3.65. The fourth-order valence-corrected chi connectivity index (χ4v) is 3.07. The van der Waals surface area contributed by atoms with Crippen molar-refractivity contribution in [3.8, 4) is 5.75 Å². The summed E-state index contributed by atoms with van der Waals surface area (Å²) in [7, 11) is 1.56. The van der Waals surface area contributed by atoms with Crippen molar-refractivity contribution >= 4 is 40.1 Å². The van der Waals surface area contributed by atoms with E-state index in [4.69, 9.17) is 10.5 Å². The molecule has 0 unspecified atom stereocenters. The Morgan fingerprint density at radius 3 is 2.73 bits per heavy atom. The fourth-order valence-electron chi connectivity index (χ4n) is 3.07. The SMILES string of the molecule is COCCNC(=O)c1c(N)n(N=Cc2cccc(O)c2)c2nc3ccccc3nc12. The zero-order chi connectivity index (χ0) is 21.1. The number of fused-ring (bicyclic) bond motifs is 2. The molecule has 1 amide bonds. The standard InChI is InChI=1S/C21H20N6O3/c1-30-10-9-23-21(29)17-18-20(26-16-8-3-2-7-15(16)25-18)27(19(17)22)24-12-13-5-4-6-14(28)11-13/h2-8,11-12,28H,9-10,22H2,1H3,(H,23,29). The number of nitrogens with one attached hydrogen (secondary N) is 1. The predicted molar refractivity (Wildman–Crippen MR) is 115 cm³/mol. The monoisotopic (exact) mass is 404 g/mol. The van der Waals surface area contributed by atoms with Crippen LogP contribution in [0.5, 0.6) is 5.75 Å². The van der Waals surface area contributed by atoms with Gasteiger partial charge >= 0.3 is 0 Å². The number of hydrogen-bond donors (Lipinski definition) is 3. The second-order valence-corrected chi connectivity index (χ2v) is 6.54. The molecule has 9 nitrogen and oxygen atoms in total. The molecular formula is C21H20N6O3. The number of para-hydroxylation sites is 2. The van der Waals surface area contributed by atoms with Crippen LogP contribution >= 0.6 is 0 Å². The van der Waals surface area contributed by atoms with Crippen LogP contribution in [0.4, 0.5) is 5.82 Å². The third-order valence-corrected chi connectivity index (χ3v) is 4.49. The summed E-state index contributed by atoms with van der Waals surface area (Å²) >= 11 is 0. The largest absolute Gasteiger partial charge is 0.508 e. The highest BCUT2D eigenvalue weighted by Gasteiger charge is 2.23. The Kier molecular flexibility index (Phi) is 5.27. The summed E-state index contributed by atoms with van der Waals surface area (Å²) in [5.41, 5.74) is 9.19. The number of phenols is 1. The molecule has 0 saturated heterocycles. The Morgan fingerprint density at radius 2 is 2.00 bits per heavy atom. The Bertz CT molecular complexity index is 1260. The molecule has 2 aromatic carbocycles. The van der Waals surface area contributed by atoms with Crippen LogP contribution in [0.15, 0.2) is 53.6 Å². The number of phenolic OH excluding ortho intramolecular Hbond substituents is 1. The van der Waals surface area contributed by atoms with Crippen molar-refractivity contribution in [2.75, 3.05) is 26.0 Å². The van der Waals surface area contributed by atoms with E-state index in [1.165, 1.54) is 10.9 Å². The van der Waals surface area contributed by atoms with E-state index in [2.05, 4.69) is 20.4 Å². The molecule has 0 aliphatic rings. The Balaban J connectivity index is 1.86. The summed E-state index contributed by atoms with van der Waals surface area (Å²) < 4.78 is 6.36. The number of anilines is 1. The highest BCUT2D eigenvalue weighted by molar-refractivity contribution is 6.10. The molecule has 152 valence electrons. The normalized spacial score (nSPS) is 11.5. The summed E-state index contributed by atoms with van der Waals surface area (Å²) in [4.78, 5) is 22.0. The van der Waals surface area contributed by atoms with Crippen molar-refractivity contribution in [2.45, 2.75) is 0 Å². The molecule has 0 aliphatic carbocycles. The number of ether oxygens (including phenoxy) is 1. The van der Waals surface area contributed by atoms with Crippen LogP contribution in [0, 0.1) is 0 Å². The van der Waals surface area contributed by atoms with Gasteiger partial charge in [0, 0.05) is 13.7 Å². The van der Waals surface area contributed by atoms with E-state index < -0.39 is 0 Å². The van der Waals surface area contributed by atoms with Gasteiger partial charge in [-0.05, 0) is 29.8 Å².